The van der Waals surface area contributed by atoms with Crippen molar-refractivity contribution < 1.29 is 4.74 Å². The van der Waals surface area contributed by atoms with Gasteiger partial charge in [-0.2, -0.15) is 0 Å². The van der Waals surface area contributed by atoms with Gasteiger partial charge in [0.15, 0.2) is 0 Å². The first-order valence-corrected chi connectivity index (χ1v) is 6.53. The number of rotatable bonds is 4. The van der Waals surface area contributed by atoms with Crippen LogP contribution < -0.4 is 4.74 Å². The number of benzene rings is 1. The number of nitrogens with zero attached hydrogens (tertiary/aromatic N) is 1. The maximum atomic E-state index is 5.35. The highest BCUT2D eigenvalue weighted by atomic mass is 35.5. The molecule has 3 heteroatoms. The predicted octanol–water partition coefficient (Wildman–Crippen LogP) is 3.49. The van der Waals surface area contributed by atoms with Gasteiger partial charge >= 0.3 is 0 Å². The molecular formula is C15H24ClNO. The van der Waals surface area contributed by atoms with E-state index in [1.165, 1.54) is 37.9 Å². The van der Waals surface area contributed by atoms with Gasteiger partial charge in [0.2, 0.25) is 0 Å². The maximum absolute atomic E-state index is 5.35. The first-order valence-electron chi connectivity index (χ1n) is 6.53. The molecule has 0 aromatic heterocycles. The fourth-order valence-electron chi connectivity index (χ4n) is 3.10. The molecule has 0 aliphatic carbocycles. The van der Waals surface area contributed by atoms with E-state index in [1.54, 1.807) is 7.11 Å². The summed E-state index contributed by atoms with van der Waals surface area (Å²) in [6, 6.07) is 8.62. The number of methoxy groups -OCH3 is 1. The third-order valence-electron chi connectivity index (χ3n) is 3.96. The van der Waals surface area contributed by atoms with Gasteiger partial charge in [-0.1, -0.05) is 25.5 Å². The summed E-state index contributed by atoms with van der Waals surface area (Å²) in [4.78, 5) is 2.44. The van der Waals surface area contributed by atoms with Crippen LogP contribution in [0.1, 0.15) is 31.7 Å². The molecule has 0 bridgehead atoms. The van der Waals surface area contributed by atoms with Crippen LogP contribution in [-0.4, -0.2) is 32.1 Å². The highest BCUT2D eigenvalue weighted by Crippen LogP contribution is 2.39. The van der Waals surface area contributed by atoms with Crippen molar-refractivity contribution in [3.63, 3.8) is 0 Å². The lowest BCUT2D eigenvalue weighted by atomic mass is 9.76. The molecule has 1 aromatic carbocycles. The molecule has 1 saturated heterocycles. The average Bonchev–Trinajstić information content (AvgIpc) is 2.73. The summed E-state index contributed by atoms with van der Waals surface area (Å²) in [5.74, 6) is 0.979. The molecule has 1 atom stereocenters. The molecule has 1 heterocycles. The van der Waals surface area contributed by atoms with Gasteiger partial charge in [0.25, 0.3) is 0 Å². The lowest BCUT2D eigenvalue weighted by Gasteiger charge is -2.29. The first kappa shape index (κ1) is 15.3. The highest BCUT2D eigenvalue weighted by Gasteiger charge is 2.37. The van der Waals surface area contributed by atoms with Crippen LogP contribution in [0.4, 0.5) is 0 Å². The zero-order valence-electron chi connectivity index (χ0n) is 11.6. The standard InChI is InChI=1S/C15H23NO.ClH/c1-4-8-15(9-10-16(2)12-15)13-6-5-7-14(11-13)17-3;/h5-7,11H,4,8-10,12H2,1-3H3;1H. The molecule has 0 N–H and O–H groups in total. The van der Waals surface area contributed by atoms with Crippen LogP contribution in [0.3, 0.4) is 0 Å². The van der Waals surface area contributed by atoms with E-state index < -0.39 is 0 Å². The summed E-state index contributed by atoms with van der Waals surface area (Å²) in [5, 5.41) is 0. The second-order valence-corrected chi connectivity index (χ2v) is 5.25. The molecule has 1 aromatic rings. The van der Waals surface area contributed by atoms with E-state index in [2.05, 4.69) is 37.1 Å². The zero-order chi connectivity index (χ0) is 12.3. The third-order valence-corrected chi connectivity index (χ3v) is 3.96. The lowest BCUT2D eigenvalue weighted by molar-refractivity contribution is 0.349. The summed E-state index contributed by atoms with van der Waals surface area (Å²) >= 11 is 0. The summed E-state index contributed by atoms with van der Waals surface area (Å²) in [7, 11) is 3.96. The Morgan fingerprint density at radius 3 is 2.72 bits per heavy atom. The smallest absolute Gasteiger partial charge is 0.119 e. The Morgan fingerprint density at radius 1 is 1.39 bits per heavy atom. The maximum Gasteiger partial charge on any atom is 0.119 e. The quantitative estimate of drug-likeness (QED) is 0.830. The molecule has 1 aliphatic heterocycles. The zero-order valence-corrected chi connectivity index (χ0v) is 12.4. The number of hydrogen-bond acceptors (Lipinski definition) is 2. The largest absolute Gasteiger partial charge is 0.497 e. The van der Waals surface area contributed by atoms with Crippen molar-refractivity contribution in [2.45, 2.75) is 31.6 Å². The minimum atomic E-state index is 0. The Labute approximate surface area is 117 Å². The molecule has 0 saturated carbocycles. The van der Waals surface area contributed by atoms with E-state index in [1.807, 2.05) is 6.07 Å². The second-order valence-electron chi connectivity index (χ2n) is 5.25. The summed E-state index contributed by atoms with van der Waals surface area (Å²) in [6.07, 6.45) is 3.78. The van der Waals surface area contributed by atoms with E-state index >= 15 is 0 Å². The highest BCUT2D eigenvalue weighted by molar-refractivity contribution is 5.85. The molecule has 1 unspecified atom stereocenters. The molecule has 1 aliphatic rings. The van der Waals surface area contributed by atoms with Gasteiger partial charge < -0.3 is 9.64 Å². The Balaban J connectivity index is 0.00000162. The van der Waals surface area contributed by atoms with Crippen molar-refractivity contribution in [1.82, 2.24) is 4.90 Å². The monoisotopic (exact) mass is 269 g/mol. The van der Waals surface area contributed by atoms with E-state index in [4.69, 9.17) is 4.74 Å². The number of halogens is 1. The topological polar surface area (TPSA) is 12.5 Å². The second kappa shape index (κ2) is 6.44. The van der Waals surface area contributed by atoms with Crippen LogP contribution in [-0.2, 0) is 5.41 Å². The van der Waals surface area contributed by atoms with Crippen LogP contribution in [0, 0.1) is 0 Å². The number of likely N-dealkylation sites (tertiary alicyclic amines) is 1. The van der Waals surface area contributed by atoms with Crippen LogP contribution in [0.15, 0.2) is 24.3 Å². The Hall–Kier alpha value is -0.730. The van der Waals surface area contributed by atoms with Gasteiger partial charge in [-0.3, -0.25) is 0 Å². The summed E-state index contributed by atoms with van der Waals surface area (Å²) in [6.45, 7) is 4.66. The summed E-state index contributed by atoms with van der Waals surface area (Å²) < 4.78 is 5.35. The predicted molar refractivity (Wildman–Crippen MR) is 78.9 cm³/mol. The van der Waals surface area contributed by atoms with E-state index in [0.29, 0.717) is 5.41 Å². The minimum absolute atomic E-state index is 0. The van der Waals surface area contributed by atoms with Crippen molar-refractivity contribution >= 4 is 12.4 Å². The van der Waals surface area contributed by atoms with Crippen LogP contribution in [0.25, 0.3) is 0 Å². The number of ether oxygens (including phenoxy) is 1. The molecule has 0 amide bonds. The van der Waals surface area contributed by atoms with Crippen molar-refractivity contribution in [3.8, 4) is 5.75 Å². The molecular weight excluding hydrogens is 246 g/mol. The molecule has 2 nitrogen and oxygen atoms in total. The average molecular weight is 270 g/mol. The van der Waals surface area contributed by atoms with Gasteiger partial charge in [-0.25, -0.2) is 0 Å². The molecule has 18 heavy (non-hydrogen) atoms. The van der Waals surface area contributed by atoms with Crippen LogP contribution >= 0.6 is 12.4 Å². The first-order chi connectivity index (χ1) is 8.20. The van der Waals surface area contributed by atoms with E-state index in [9.17, 15) is 0 Å². The van der Waals surface area contributed by atoms with Gasteiger partial charge in [0.05, 0.1) is 7.11 Å². The fraction of sp³-hybridized carbons (Fsp3) is 0.600. The molecule has 0 spiro atoms. The third kappa shape index (κ3) is 2.99. The number of likely N-dealkylation sites (N-methyl/N-ethyl adjacent to an activating group) is 1. The fourth-order valence-corrected chi connectivity index (χ4v) is 3.10. The van der Waals surface area contributed by atoms with E-state index in [-0.39, 0.29) is 12.4 Å². The molecule has 102 valence electrons. The van der Waals surface area contributed by atoms with Crippen LogP contribution in [0.2, 0.25) is 0 Å². The van der Waals surface area contributed by atoms with Gasteiger partial charge in [0, 0.05) is 12.0 Å². The SMILES string of the molecule is CCCC1(c2cccc(OC)c2)CCN(C)C1.Cl. The van der Waals surface area contributed by atoms with Crippen molar-refractivity contribution in [1.29, 1.82) is 0 Å². The van der Waals surface area contributed by atoms with Crippen molar-refractivity contribution in [3.05, 3.63) is 29.8 Å². The van der Waals surface area contributed by atoms with Crippen molar-refractivity contribution in [2.24, 2.45) is 0 Å². The Bertz CT molecular complexity index is 379. The Kier molecular flexibility index (Phi) is 5.48. The summed E-state index contributed by atoms with van der Waals surface area (Å²) in [5.41, 5.74) is 1.79. The van der Waals surface area contributed by atoms with Gasteiger partial charge in [0.1, 0.15) is 5.75 Å². The Morgan fingerprint density at radius 2 is 2.17 bits per heavy atom. The molecule has 0 radical (unpaired) electrons. The van der Waals surface area contributed by atoms with Gasteiger partial charge in [-0.15, -0.1) is 12.4 Å². The van der Waals surface area contributed by atoms with E-state index in [0.717, 1.165) is 5.75 Å². The minimum Gasteiger partial charge on any atom is -0.497 e. The normalized spacial score (nSPS) is 23.7. The molecule has 1 fully saturated rings. The molecule has 2 rings (SSSR count). The lowest BCUT2D eigenvalue weighted by Crippen LogP contribution is -2.29. The van der Waals surface area contributed by atoms with Crippen LogP contribution in [0.5, 0.6) is 5.75 Å². The van der Waals surface area contributed by atoms with Crippen molar-refractivity contribution in [2.75, 3.05) is 27.2 Å². The number of hydrogen-bond donors (Lipinski definition) is 0. The van der Waals surface area contributed by atoms with Gasteiger partial charge in [-0.05, 0) is 44.1 Å².